The Kier molecular flexibility index (Phi) is 12.2. The summed E-state index contributed by atoms with van der Waals surface area (Å²) in [6.45, 7) is 7.62. The van der Waals surface area contributed by atoms with E-state index in [1.54, 1.807) is 0 Å². The second-order valence-electron chi connectivity index (χ2n) is 4.07. The molecule has 0 saturated carbocycles. The number of hydrogen-bond acceptors (Lipinski definition) is 3. The summed E-state index contributed by atoms with van der Waals surface area (Å²) < 4.78 is 0. The van der Waals surface area contributed by atoms with Crippen molar-refractivity contribution in [3.63, 3.8) is 0 Å². The van der Waals surface area contributed by atoms with Gasteiger partial charge in [-0.05, 0) is 40.5 Å². The molecule has 4 heteroatoms. The minimum atomic E-state index is -1.23. The molecule has 0 fully saturated rings. The van der Waals surface area contributed by atoms with E-state index in [1.807, 2.05) is 6.08 Å². The van der Waals surface area contributed by atoms with Crippen molar-refractivity contribution in [2.24, 2.45) is 0 Å². The molecule has 0 aromatic carbocycles. The summed E-state index contributed by atoms with van der Waals surface area (Å²) in [5.41, 5.74) is 2.63. The predicted octanol–water partition coefficient (Wildman–Crippen LogP) is 2.12. The molecule has 100 valence electrons. The average Bonchev–Trinajstić information content (AvgIpc) is 2.18. The standard InChI is InChI=1S/C10H18O.C3H6O3/c1-9(2)5-4-6-10(3)7-8-11;1-2(4)3(5)6/h5,7,11H,4,6,8H2,1-3H3;2,4H,1H3,(H,5,6). The minimum absolute atomic E-state index is 0.167. The van der Waals surface area contributed by atoms with Crippen LogP contribution in [0.1, 0.15) is 40.5 Å². The summed E-state index contributed by atoms with van der Waals surface area (Å²) in [5.74, 6) is -1.19. The minimum Gasteiger partial charge on any atom is -0.479 e. The molecule has 1 atom stereocenters. The van der Waals surface area contributed by atoms with Crippen molar-refractivity contribution in [1.29, 1.82) is 0 Å². The van der Waals surface area contributed by atoms with Gasteiger partial charge in [-0.1, -0.05) is 23.3 Å². The molecule has 3 N–H and O–H groups in total. The van der Waals surface area contributed by atoms with Gasteiger partial charge in [0.05, 0.1) is 6.61 Å². The molecule has 0 aliphatic rings. The molecule has 0 aliphatic heterocycles. The molecule has 0 aromatic heterocycles. The maximum Gasteiger partial charge on any atom is 0.332 e. The van der Waals surface area contributed by atoms with Crippen molar-refractivity contribution >= 4 is 5.97 Å². The second-order valence-corrected chi connectivity index (χ2v) is 4.07. The highest BCUT2D eigenvalue weighted by atomic mass is 16.4. The number of rotatable bonds is 5. The average molecular weight is 244 g/mol. The van der Waals surface area contributed by atoms with E-state index in [0.717, 1.165) is 12.8 Å². The monoisotopic (exact) mass is 244 g/mol. The van der Waals surface area contributed by atoms with Gasteiger partial charge in [0.1, 0.15) is 6.10 Å². The molecule has 0 heterocycles. The lowest BCUT2D eigenvalue weighted by atomic mass is 10.1. The number of aliphatic hydroxyl groups is 2. The van der Waals surface area contributed by atoms with E-state index in [2.05, 4.69) is 26.8 Å². The van der Waals surface area contributed by atoms with Gasteiger partial charge in [0.15, 0.2) is 0 Å². The molecule has 1 unspecified atom stereocenters. The van der Waals surface area contributed by atoms with Crippen LogP contribution >= 0.6 is 0 Å². The Labute approximate surface area is 103 Å². The Morgan fingerprint density at radius 2 is 1.71 bits per heavy atom. The van der Waals surface area contributed by atoms with E-state index in [9.17, 15) is 4.79 Å². The van der Waals surface area contributed by atoms with Crippen molar-refractivity contribution in [2.75, 3.05) is 6.61 Å². The maximum atomic E-state index is 9.45. The molecule has 4 nitrogen and oxygen atoms in total. The number of aliphatic carboxylic acids is 1. The largest absolute Gasteiger partial charge is 0.479 e. The van der Waals surface area contributed by atoms with Gasteiger partial charge < -0.3 is 15.3 Å². The highest BCUT2D eigenvalue weighted by molar-refractivity contribution is 5.71. The number of allylic oxidation sites excluding steroid dienone is 3. The third kappa shape index (κ3) is 17.5. The third-order valence-corrected chi connectivity index (χ3v) is 1.89. The van der Waals surface area contributed by atoms with E-state index < -0.39 is 12.1 Å². The molecular weight excluding hydrogens is 220 g/mol. The zero-order valence-electron chi connectivity index (χ0n) is 11.1. The van der Waals surface area contributed by atoms with Crippen molar-refractivity contribution in [3.05, 3.63) is 23.3 Å². The zero-order valence-corrected chi connectivity index (χ0v) is 11.1. The lowest BCUT2D eigenvalue weighted by Crippen LogP contribution is -2.13. The number of carboxylic acid groups (broad SMARTS) is 1. The number of aliphatic hydroxyl groups excluding tert-OH is 2. The van der Waals surface area contributed by atoms with Crippen LogP contribution in [-0.2, 0) is 4.79 Å². The zero-order chi connectivity index (χ0) is 13.8. The summed E-state index contributed by atoms with van der Waals surface area (Å²) in [6.07, 6.45) is 4.99. The van der Waals surface area contributed by atoms with Crippen LogP contribution in [0.5, 0.6) is 0 Å². The van der Waals surface area contributed by atoms with E-state index in [-0.39, 0.29) is 6.61 Å². The Morgan fingerprint density at radius 3 is 2.00 bits per heavy atom. The molecule has 0 spiro atoms. The fourth-order valence-electron chi connectivity index (χ4n) is 0.846. The SMILES string of the molecule is CC(C)=CCCC(C)=CCO.CC(O)C(=O)O. The van der Waals surface area contributed by atoms with Crippen molar-refractivity contribution in [1.82, 2.24) is 0 Å². The molecule has 0 amide bonds. The summed E-state index contributed by atoms with van der Waals surface area (Å²) in [7, 11) is 0. The molecular formula is C13H24O4. The predicted molar refractivity (Wildman–Crippen MR) is 68.8 cm³/mol. The molecule has 0 rings (SSSR count). The first-order chi connectivity index (χ1) is 7.81. The van der Waals surface area contributed by atoms with Gasteiger partial charge in [-0.25, -0.2) is 4.79 Å². The van der Waals surface area contributed by atoms with Gasteiger partial charge in [0.2, 0.25) is 0 Å². The van der Waals surface area contributed by atoms with Crippen LogP contribution in [0.4, 0.5) is 0 Å². The van der Waals surface area contributed by atoms with Crippen molar-refractivity contribution in [2.45, 2.75) is 46.6 Å². The third-order valence-electron chi connectivity index (χ3n) is 1.89. The first-order valence-electron chi connectivity index (χ1n) is 5.62. The molecule has 0 aliphatic carbocycles. The van der Waals surface area contributed by atoms with Crippen LogP contribution in [0.15, 0.2) is 23.3 Å². The summed E-state index contributed by atoms with van der Waals surface area (Å²) >= 11 is 0. The van der Waals surface area contributed by atoms with Gasteiger partial charge in [-0.2, -0.15) is 0 Å². The second kappa shape index (κ2) is 11.4. The highest BCUT2D eigenvalue weighted by Gasteiger charge is 2.01. The molecule has 0 bridgehead atoms. The quantitative estimate of drug-likeness (QED) is 0.647. The number of carbonyl (C=O) groups is 1. The van der Waals surface area contributed by atoms with Crippen LogP contribution < -0.4 is 0 Å². The van der Waals surface area contributed by atoms with Gasteiger partial charge in [0, 0.05) is 0 Å². The van der Waals surface area contributed by atoms with Crippen molar-refractivity contribution < 1.29 is 20.1 Å². The van der Waals surface area contributed by atoms with E-state index in [4.69, 9.17) is 15.3 Å². The number of hydrogen-bond donors (Lipinski definition) is 3. The smallest absolute Gasteiger partial charge is 0.332 e. The van der Waals surface area contributed by atoms with E-state index >= 15 is 0 Å². The Morgan fingerprint density at radius 1 is 1.24 bits per heavy atom. The lowest BCUT2D eigenvalue weighted by molar-refractivity contribution is -0.145. The van der Waals surface area contributed by atoms with E-state index in [1.165, 1.54) is 18.1 Å². The maximum absolute atomic E-state index is 9.45. The van der Waals surface area contributed by atoms with Gasteiger partial charge in [-0.15, -0.1) is 0 Å². The molecule has 17 heavy (non-hydrogen) atoms. The highest BCUT2D eigenvalue weighted by Crippen LogP contribution is 2.05. The first-order valence-corrected chi connectivity index (χ1v) is 5.62. The lowest BCUT2D eigenvalue weighted by Gasteiger charge is -1.96. The molecule has 0 aromatic rings. The van der Waals surface area contributed by atoms with Crippen LogP contribution in [0.2, 0.25) is 0 Å². The Balaban J connectivity index is 0. The van der Waals surface area contributed by atoms with Crippen LogP contribution in [0.25, 0.3) is 0 Å². The van der Waals surface area contributed by atoms with Crippen LogP contribution in [-0.4, -0.2) is 34.0 Å². The topological polar surface area (TPSA) is 77.8 Å². The van der Waals surface area contributed by atoms with Crippen LogP contribution in [0.3, 0.4) is 0 Å². The van der Waals surface area contributed by atoms with Gasteiger partial charge >= 0.3 is 5.97 Å². The molecule has 0 radical (unpaired) electrons. The summed E-state index contributed by atoms with van der Waals surface area (Å²) in [5, 5.41) is 24.3. The van der Waals surface area contributed by atoms with Crippen LogP contribution in [0, 0.1) is 0 Å². The Bertz CT molecular complexity index is 261. The fourth-order valence-corrected chi connectivity index (χ4v) is 0.846. The Hall–Kier alpha value is -1.13. The first kappa shape index (κ1) is 18.2. The van der Waals surface area contributed by atoms with Gasteiger partial charge in [0.25, 0.3) is 0 Å². The number of carboxylic acids is 1. The molecule has 0 saturated heterocycles. The van der Waals surface area contributed by atoms with Gasteiger partial charge in [-0.3, -0.25) is 0 Å². The fraction of sp³-hybridized carbons (Fsp3) is 0.615. The summed E-state index contributed by atoms with van der Waals surface area (Å²) in [6, 6.07) is 0. The summed E-state index contributed by atoms with van der Waals surface area (Å²) in [4.78, 5) is 9.45. The van der Waals surface area contributed by atoms with E-state index in [0.29, 0.717) is 0 Å². The van der Waals surface area contributed by atoms with Crippen molar-refractivity contribution in [3.8, 4) is 0 Å². The normalized spacial score (nSPS) is 12.2.